The highest BCUT2D eigenvalue weighted by molar-refractivity contribution is 5.60. The molecule has 3 nitrogen and oxygen atoms in total. The van der Waals surface area contributed by atoms with Gasteiger partial charge in [-0.1, -0.05) is 12.1 Å². The van der Waals surface area contributed by atoms with E-state index in [1.54, 1.807) is 12.1 Å². The molecule has 2 aromatic carbocycles. The SMILES string of the molecule is Nc1cccc2c1CN(c1ccc(OC(F)(F)F)cc1)C2. The lowest BCUT2D eigenvalue weighted by Gasteiger charge is -2.18. The van der Waals surface area contributed by atoms with Gasteiger partial charge in [0.2, 0.25) is 0 Å². The maximum Gasteiger partial charge on any atom is 0.573 e. The summed E-state index contributed by atoms with van der Waals surface area (Å²) in [6.07, 6.45) is -4.67. The molecule has 0 bridgehead atoms. The lowest BCUT2D eigenvalue weighted by Crippen LogP contribution is -2.17. The number of nitrogens with two attached hydrogens (primary N) is 1. The quantitative estimate of drug-likeness (QED) is 0.859. The van der Waals surface area contributed by atoms with E-state index >= 15 is 0 Å². The molecular formula is C15H13F3N2O. The summed E-state index contributed by atoms with van der Waals surface area (Å²) in [5.41, 5.74) is 9.73. The van der Waals surface area contributed by atoms with Gasteiger partial charge in [0.15, 0.2) is 0 Å². The summed E-state index contributed by atoms with van der Waals surface area (Å²) in [4.78, 5) is 2.05. The molecule has 21 heavy (non-hydrogen) atoms. The van der Waals surface area contributed by atoms with Crippen molar-refractivity contribution in [3.05, 3.63) is 53.6 Å². The van der Waals surface area contributed by atoms with Crippen molar-refractivity contribution in [2.24, 2.45) is 0 Å². The first-order valence-corrected chi connectivity index (χ1v) is 6.39. The lowest BCUT2D eigenvalue weighted by atomic mass is 10.1. The van der Waals surface area contributed by atoms with Crippen LogP contribution in [0.4, 0.5) is 24.5 Å². The molecule has 6 heteroatoms. The van der Waals surface area contributed by atoms with Crippen LogP contribution in [0.3, 0.4) is 0 Å². The minimum absolute atomic E-state index is 0.220. The highest BCUT2D eigenvalue weighted by atomic mass is 19.4. The molecule has 0 amide bonds. The number of nitrogens with zero attached hydrogens (tertiary/aromatic N) is 1. The summed E-state index contributed by atoms with van der Waals surface area (Å²) in [6, 6.07) is 11.6. The van der Waals surface area contributed by atoms with Gasteiger partial charge in [0, 0.05) is 24.5 Å². The van der Waals surface area contributed by atoms with E-state index in [-0.39, 0.29) is 5.75 Å². The third kappa shape index (κ3) is 2.89. The molecule has 0 saturated carbocycles. The van der Waals surface area contributed by atoms with Crippen LogP contribution in [0.5, 0.6) is 5.75 Å². The Morgan fingerprint density at radius 1 is 1.00 bits per heavy atom. The third-order valence-electron chi connectivity index (χ3n) is 3.45. The Bertz CT molecular complexity index is 653. The zero-order chi connectivity index (χ0) is 15.0. The fourth-order valence-corrected chi connectivity index (χ4v) is 2.49. The van der Waals surface area contributed by atoms with Crippen molar-refractivity contribution in [1.82, 2.24) is 0 Å². The molecule has 0 radical (unpaired) electrons. The Hall–Kier alpha value is -2.37. The zero-order valence-electron chi connectivity index (χ0n) is 11.0. The number of anilines is 2. The molecule has 0 saturated heterocycles. The fourth-order valence-electron chi connectivity index (χ4n) is 2.49. The van der Waals surface area contributed by atoms with Crippen molar-refractivity contribution in [2.45, 2.75) is 19.5 Å². The van der Waals surface area contributed by atoms with E-state index in [0.717, 1.165) is 22.5 Å². The number of halogens is 3. The molecule has 2 N–H and O–H groups in total. The van der Waals surface area contributed by atoms with Gasteiger partial charge in [-0.2, -0.15) is 0 Å². The lowest BCUT2D eigenvalue weighted by molar-refractivity contribution is -0.274. The largest absolute Gasteiger partial charge is 0.573 e. The Labute approximate surface area is 119 Å². The predicted octanol–water partition coefficient (Wildman–Crippen LogP) is 3.69. The van der Waals surface area contributed by atoms with Crippen LogP contribution < -0.4 is 15.4 Å². The molecule has 1 aliphatic heterocycles. The maximum absolute atomic E-state index is 12.1. The van der Waals surface area contributed by atoms with Crippen molar-refractivity contribution in [2.75, 3.05) is 10.6 Å². The van der Waals surface area contributed by atoms with Crippen LogP contribution in [0.15, 0.2) is 42.5 Å². The van der Waals surface area contributed by atoms with Crippen LogP contribution in [0, 0.1) is 0 Å². The second kappa shape index (κ2) is 4.87. The zero-order valence-corrected chi connectivity index (χ0v) is 11.0. The Morgan fingerprint density at radius 2 is 1.71 bits per heavy atom. The summed E-state index contributed by atoms with van der Waals surface area (Å²) in [5.74, 6) is -0.220. The normalized spacial score (nSPS) is 14.1. The number of benzene rings is 2. The van der Waals surface area contributed by atoms with Gasteiger partial charge in [-0.3, -0.25) is 0 Å². The Morgan fingerprint density at radius 3 is 2.33 bits per heavy atom. The molecule has 1 aliphatic rings. The molecule has 3 rings (SSSR count). The van der Waals surface area contributed by atoms with Crippen LogP contribution in [0.25, 0.3) is 0 Å². The molecule has 110 valence electrons. The van der Waals surface area contributed by atoms with Gasteiger partial charge >= 0.3 is 6.36 Å². The monoisotopic (exact) mass is 294 g/mol. The standard InChI is InChI=1S/C15H13F3N2O/c16-15(17,18)21-12-6-4-11(5-7-12)20-8-10-2-1-3-14(19)13(10)9-20/h1-7H,8-9,19H2. The van der Waals surface area contributed by atoms with Crippen LogP contribution >= 0.6 is 0 Å². The van der Waals surface area contributed by atoms with E-state index in [2.05, 4.69) is 9.64 Å². The first-order valence-electron chi connectivity index (χ1n) is 6.39. The maximum atomic E-state index is 12.1. The number of fused-ring (bicyclic) bond motifs is 1. The van der Waals surface area contributed by atoms with Gasteiger partial charge in [-0.15, -0.1) is 13.2 Å². The predicted molar refractivity (Wildman–Crippen MR) is 73.9 cm³/mol. The third-order valence-corrected chi connectivity index (χ3v) is 3.45. The second-order valence-electron chi connectivity index (χ2n) is 4.88. The van der Waals surface area contributed by atoms with Crippen LogP contribution in [0.2, 0.25) is 0 Å². The van der Waals surface area contributed by atoms with E-state index in [1.165, 1.54) is 12.1 Å². The van der Waals surface area contributed by atoms with E-state index in [0.29, 0.717) is 13.1 Å². The van der Waals surface area contributed by atoms with Gasteiger partial charge in [0.05, 0.1) is 0 Å². The van der Waals surface area contributed by atoms with E-state index in [1.807, 2.05) is 18.2 Å². The molecule has 0 spiro atoms. The summed E-state index contributed by atoms with van der Waals surface area (Å²) in [7, 11) is 0. The fraction of sp³-hybridized carbons (Fsp3) is 0.200. The van der Waals surface area contributed by atoms with E-state index in [4.69, 9.17) is 5.73 Å². The smallest absolute Gasteiger partial charge is 0.406 e. The summed E-state index contributed by atoms with van der Waals surface area (Å²) >= 11 is 0. The summed E-state index contributed by atoms with van der Waals surface area (Å²) in [5, 5.41) is 0. The van der Waals surface area contributed by atoms with Crippen LogP contribution in [-0.4, -0.2) is 6.36 Å². The van der Waals surface area contributed by atoms with E-state index in [9.17, 15) is 13.2 Å². The number of alkyl halides is 3. The van der Waals surface area contributed by atoms with Crippen molar-refractivity contribution in [3.8, 4) is 5.75 Å². The highest BCUT2D eigenvalue weighted by Gasteiger charge is 2.31. The van der Waals surface area contributed by atoms with Crippen molar-refractivity contribution in [1.29, 1.82) is 0 Å². The Kier molecular flexibility index (Phi) is 3.16. The van der Waals surface area contributed by atoms with Gasteiger partial charge in [0.25, 0.3) is 0 Å². The average Bonchev–Trinajstić information content (AvgIpc) is 2.83. The molecule has 0 aliphatic carbocycles. The van der Waals surface area contributed by atoms with Crippen molar-refractivity contribution in [3.63, 3.8) is 0 Å². The molecule has 0 aromatic heterocycles. The number of rotatable bonds is 2. The van der Waals surface area contributed by atoms with Gasteiger partial charge < -0.3 is 15.4 Å². The average molecular weight is 294 g/mol. The molecule has 0 atom stereocenters. The second-order valence-corrected chi connectivity index (χ2v) is 4.88. The first kappa shape index (κ1) is 13.6. The molecule has 1 heterocycles. The molecular weight excluding hydrogens is 281 g/mol. The molecule has 0 fully saturated rings. The number of nitrogen functional groups attached to an aromatic ring is 1. The number of hydrogen-bond donors (Lipinski definition) is 1. The number of ether oxygens (including phenoxy) is 1. The van der Waals surface area contributed by atoms with Crippen molar-refractivity contribution >= 4 is 11.4 Å². The molecule has 2 aromatic rings. The highest BCUT2D eigenvalue weighted by Crippen LogP contribution is 2.32. The minimum atomic E-state index is -4.67. The minimum Gasteiger partial charge on any atom is -0.406 e. The number of hydrogen-bond acceptors (Lipinski definition) is 3. The van der Waals surface area contributed by atoms with E-state index < -0.39 is 6.36 Å². The van der Waals surface area contributed by atoms with Gasteiger partial charge in [-0.25, -0.2) is 0 Å². The van der Waals surface area contributed by atoms with Gasteiger partial charge in [-0.05, 0) is 41.5 Å². The Balaban J connectivity index is 1.76. The topological polar surface area (TPSA) is 38.5 Å². The van der Waals surface area contributed by atoms with Crippen LogP contribution in [-0.2, 0) is 13.1 Å². The van der Waals surface area contributed by atoms with Gasteiger partial charge in [0.1, 0.15) is 5.75 Å². The first-order chi connectivity index (χ1) is 9.92. The summed E-state index contributed by atoms with van der Waals surface area (Å²) < 4.78 is 40.2. The molecule has 0 unspecified atom stereocenters. The summed E-state index contributed by atoms with van der Waals surface area (Å²) in [6.45, 7) is 1.35. The van der Waals surface area contributed by atoms with Crippen LogP contribution in [0.1, 0.15) is 11.1 Å². The van der Waals surface area contributed by atoms with Crippen molar-refractivity contribution < 1.29 is 17.9 Å².